The van der Waals surface area contributed by atoms with Crippen molar-refractivity contribution < 1.29 is 9.53 Å². The van der Waals surface area contributed by atoms with Crippen LogP contribution in [-0.4, -0.2) is 40.3 Å². The maximum absolute atomic E-state index is 12.0. The molecule has 2 aliphatic heterocycles. The van der Waals surface area contributed by atoms with Crippen LogP contribution in [0.25, 0.3) is 21.3 Å². The summed E-state index contributed by atoms with van der Waals surface area (Å²) in [6, 6.07) is 8.90. The van der Waals surface area contributed by atoms with Gasteiger partial charge in [-0.2, -0.15) is 5.10 Å². The van der Waals surface area contributed by atoms with E-state index in [0.717, 1.165) is 44.7 Å². The first-order valence-corrected chi connectivity index (χ1v) is 10.5. The molecule has 4 heterocycles. The van der Waals surface area contributed by atoms with E-state index in [1.54, 1.807) is 18.3 Å². The zero-order valence-electron chi connectivity index (χ0n) is 15.5. The second-order valence-corrected chi connectivity index (χ2v) is 8.31. The third kappa shape index (κ3) is 2.87. The maximum Gasteiger partial charge on any atom is 0.219 e. The molecule has 0 spiro atoms. The van der Waals surface area contributed by atoms with Crippen LogP contribution < -0.4 is 0 Å². The Morgan fingerprint density at radius 1 is 1.26 bits per heavy atom. The second kappa shape index (κ2) is 6.77. The highest BCUT2D eigenvalue weighted by Gasteiger charge is 2.30. The largest absolute Gasteiger partial charge is 0.381 e. The molecule has 0 radical (unpaired) electrons. The van der Waals surface area contributed by atoms with Gasteiger partial charge in [0.05, 0.1) is 11.7 Å². The van der Waals surface area contributed by atoms with Gasteiger partial charge in [0.15, 0.2) is 0 Å². The third-order valence-corrected chi connectivity index (χ3v) is 6.77. The Morgan fingerprint density at radius 2 is 2.07 bits per heavy atom. The van der Waals surface area contributed by atoms with E-state index in [1.165, 1.54) is 26.9 Å². The van der Waals surface area contributed by atoms with E-state index >= 15 is 0 Å². The lowest BCUT2D eigenvalue weighted by atomic mass is 9.99. The Balaban J connectivity index is 1.66. The lowest BCUT2D eigenvalue weighted by Gasteiger charge is -2.29. The van der Waals surface area contributed by atoms with Crippen molar-refractivity contribution in [1.82, 2.24) is 14.7 Å². The van der Waals surface area contributed by atoms with E-state index in [1.807, 2.05) is 4.90 Å². The minimum absolute atomic E-state index is 0.139. The first kappa shape index (κ1) is 17.0. The summed E-state index contributed by atoms with van der Waals surface area (Å²) < 4.78 is 9.10. The smallest absolute Gasteiger partial charge is 0.219 e. The number of carbonyl (C=O) groups excluding carboxylic acids is 1. The van der Waals surface area contributed by atoms with Gasteiger partial charge in [0.25, 0.3) is 0 Å². The van der Waals surface area contributed by atoms with Crippen LogP contribution in [0.1, 0.15) is 37.1 Å². The van der Waals surface area contributed by atoms with Crippen LogP contribution in [0.3, 0.4) is 0 Å². The molecule has 5 rings (SSSR count). The molecule has 5 nitrogen and oxygen atoms in total. The van der Waals surface area contributed by atoms with Gasteiger partial charge in [0.1, 0.15) is 0 Å². The Hall–Kier alpha value is -2.18. The van der Waals surface area contributed by atoms with Gasteiger partial charge in [-0.1, -0.05) is 18.2 Å². The Bertz CT molecular complexity index is 1000. The molecule has 140 valence electrons. The molecule has 2 aliphatic rings. The highest BCUT2D eigenvalue weighted by atomic mass is 32.1. The first-order valence-electron chi connectivity index (χ1n) is 9.62. The van der Waals surface area contributed by atoms with Crippen LogP contribution in [0.15, 0.2) is 29.6 Å². The van der Waals surface area contributed by atoms with Crippen LogP contribution in [-0.2, 0) is 22.5 Å². The van der Waals surface area contributed by atoms with E-state index in [2.05, 4.69) is 34.3 Å². The topological polar surface area (TPSA) is 47.4 Å². The molecule has 0 atom stereocenters. The predicted octanol–water partition coefficient (Wildman–Crippen LogP) is 4.02. The Morgan fingerprint density at radius 3 is 2.89 bits per heavy atom. The molecule has 2 aromatic heterocycles. The Kier molecular flexibility index (Phi) is 4.25. The molecule has 0 N–H and O–H groups in total. The number of hydrogen-bond acceptors (Lipinski definition) is 4. The summed E-state index contributed by atoms with van der Waals surface area (Å²) in [6.45, 7) is 4.70. The quantitative estimate of drug-likeness (QED) is 0.674. The number of thiophene rings is 1. The van der Waals surface area contributed by atoms with Crippen LogP contribution in [0.2, 0.25) is 0 Å². The average molecular weight is 382 g/mol. The molecule has 0 saturated carbocycles. The molecule has 0 unspecified atom stereocenters. The average Bonchev–Trinajstić information content (AvgIpc) is 3.29. The van der Waals surface area contributed by atoms with E-state index in [4.69, 9.17) is 9.84 Å². The van der Waals surface area contributed by atoms with Crippen molar-refractivity contribution in [3.05, 3.63) is 40.9 Å². The van der Waals surface area contributed by atoms with Gasteiger partial charge in [0.2, 0.25) is 5.91 Å². The molecule has 27 heavy (non-hydrogen) atoms. The predicted molar refractivity (Wildman–Crippen MR) is 107 cm³/mol. The van der Waals surface area contributed by atoms with Crippen molar-refractivity contribution in [2.24, 2.45) is 0 Å². The highest BCUT2D eigenvalue weighted by Crippen LogP contribution is 2.39. The number of aromatic nitrogens is 2. The zero-order valence-corrected chi connectivity index (χ0v) is 16.3. The molecular formula is C21H23N3O2S. The van der Waals surface area contributed by atoms with E-state index in [9.17, 15) is 4.79 Å². The number of ether oxygens (including phenoxy) is 1. The molecule has 0 aliphatic carbocycles. The number of rotatable bonds is 2. The monoisotopic (exact) mass is 381 g/mol. The number of amides is 1. The summed E-state index contributed by atoms with van der Waals surface area (Å²) >= 11 is 1.76. The van der Waals surface area contributed by atoms with E-state index in [0.29, 0.717) is 12.6 Å². The molecule has 1 aromatic carbocycles. The minimum Gasteiger partial charge on any atom is -0.381 e. The van der Waals surface area contributed by atoms with Gasteiger partial charge in [0, 0.05) is 71.9 Å². The fraction of sp³-hybridized carbons (Fsp3) is 0.429. The molecule has 3 aromatic rings. The summed E-state index contributed by atoms with van der Waals surface area (Å²) in [5.41, 5.74) is 4.79. The standard InChI is InChI=1S/C21H23N3O2S/c1-14(25)23-9-6-19-17(12-23)21(22-24(19)15-7-10-26-11-8-15)18-13-27-20-5-3-2-4-16(18)20/h2-5,13,15H,6-12H2,1H3. The summed E-state index contributed by atoms with van der Waals surface area (Å²) in [4.78, 5) is 14.0. The fourth-order valence-electron chi connectivity index (χ4n) is 4.32. The molecule has 1 amide bonds. The number of nitrogens with zero attached hydrogens (tertiary/aromatic N) is 3. The van der Waals surface area contributed by atoms with Gasteiger partial charge < -0.3 is 9.64 Å². The summed E-state index contributed by atoms with van der Waals surface area (Å²) in [5, 5.41) is 8.60. The lowest BCUT2D eigenvalue weighted by Crippen LogP contribution is -2.35. The highest BCUT2D eigenvalue weighted by molar-refractivity contribution is 7.17. The number of carbonyl (C=O) groups is 1. The zero-order chi connectivity index (χ0) is 18.4. The summed E-state index contributed by atoms with van der Waals surface area (Å²) in [5.74, 6) is 0.139. The fourth-order valence-corrected chi connectivity index (χ4v) is 5.27. The van der Waals surface area contributed by atoms with Crippen molar-refractivity contribution in [2.75, 3.05) is 19.8 Å². The van der Waals surface area contributed by atoms with Crippen LogP contribution in [0.4, 0.5) is 0 Å². The summed E-state index contributed by atoms with van der Waals surface area (Å²) in [7, 11) is 0. The van der Waals surface area contributed by atoms with Crippen LogP contribution >= 0.6 is 11.3 Å². The third-order valence-electron chi connectivity index (χ3n) is 5.80. The van der Waals surface area contributed by atoms with Crippen molar-refractivity contribution >= 4 is 27.3 Å². The molecular weight excluding hydrogens is 358 g/mol. The summed E-state index contributed by atoms with van der Waals surface area (Å²) in [6.07, 6.45) is 2.89. The van der Waals surface area contributed by atoms with Gasteiger partial charge in [-0.05, 0) is 18.9 Å². The van der Waals surface area contributed by atoms with Crippen molar-refractivity contribution in [2.45, 2.75) is 38.8 Å². The van der Waals surface area contributed by atoms with Crippen molar-refractivity contribution in [1.29, 1.82) is 0 Å². The maximum atomic E-state index is 12.0. The Labute approximate surface area is 162 Å². The van der Waals surface area contributed by atoms with Gasteiger partial charge in [-0.15, -0.1) is 11.3 Å². The number of hydrogen-bond donors (Lipinski definition) is 0. The van der Waals surface area contributed by atoms with Gasteiger partial charge >= 0.3 is 0 Å². The molecule has 1 saturated heterocycles. The number of benzene rings is 1. The van der Waals surface area contributed by atoms with E-state index in [-0.39, 0.29) is 5.91 Å². The van der Waals surface area contributed by atoms with E-state index < -0.39 is 0 Å². The van der Waals surface area contributed by atoms with Crippen molar-refractivity contribution in [3.63, 3.8) is 0 Å². The second-order valence-electron chi connectivity index (χ2n) is 7.40. The minimum atomic E-state index is 0.139. The number of fused-ring (bicyclic) bond motifs is 2. The normalized spacial score (nSPS) is 18.0. The van der Waals surface area contributed by atoms with Crippen LogP contribution in [0.5, 0.6) is 0 Å². The SMILES string of the molecule is CC(=O)N1CCc2c(c(-c3csc4ccccc34)nn2C2CCOCC2)C1. The van der Waals surface area contributed by atoms with Crippen LogP contribution in [0, 0.1) is 0 Å². The van der Waals surface area contributed by atoms with Gasteiger partial charge in [-0.3, -0.25) is 9.48 Å². The first-order chi connectivity index (χ1) is 13.2. The van der Waals surface area contributed by atoms with Crippen molar-refractivity contribution in [3.8, 4) is 11.3 Å². The molecule has 1 fully saturated rings. The van der Waals surface area contributed by atoms with Gasteiger partial charge in [-0.25, -0.2) is 0 Å². The molecule has 6 heteroatoms. The lowest BCUT2D eigenvalue weighted by molar-refractivity contribution is -0.129. The molecule has 0 bridgehead atoms.